The fraction of sp³-hybridized carbons (Fsp3) is 0.0370. The summed E-state index contributed by atoms with van der Waals surface area (Å²) in [6.45, 7) is -1.05. The lowest BCUT2D eigenvalue weighted by Crippen LogP contribution is -2.42. The Morgan fingerprint density at radius 3 is 2.15 bits per heavy atom. The maximum absolute atomic E-state index is 12.8. The van der Waals surface area contributed by atoms with Gasteiger partial charge in [-0.2, -0.15) is 10.2 Å². The van der Waals surface area contributed by atoms with Crippen LogP contribution in [0.5, 0.6) is 0 Å². The number of nitrogen functional groups attached to an aromatic ring is 2. The standard InChI is InChI=1S/C27H21N11O7S2/c28-23-21(33-31-15-6-2-1-3-7-15)24(29)38-25(30-23)22(26(40)35-38)34-32-16-10-12-17(13-11-16)46(42,43)36-20(39)14-37-27(41)18-8-4-5-9-19(18)47(37,44)45/h1-13H,14,29H2,(H2,28,30)(H,35,40)(H,36,39). The first-order valence-corrected chi connectivity index (χ1v) is 16.2. The summed E-state index contributed by atoms with van der Waals surface area (Å²) in [4.78, 5) is 41.2. The van der Waals surface area contributed by atoms with Gasteiger partial charge in [0.15, 0.2) is 28.7 Å². The van der Waals surface area contributed by atoms with Crippen LogP contribution in [0, 0.1) is 0 Å². The smallest absolute Gasteiger partial charge is 0.294 e. The van der Waals surface area contributed by atoms with Crippen molar-refractivity contribution in [1.29, 1.82) is 0 Å². The third-order valence-electron chi connectivity index (χ3n) is 6.69. The van der Waals surface area contributed by atoms with Gasteiger partial charge in [-0.05, 0) is 48.5 Å². The van der Waals surface area contributed by atoms with E-state index in [1.54, 1.807) is 29.0 Å². The van der Waals surface area contributed by atoms with E-state index in [2.05, 4.69) is 30.5 Å². The van der Waals surface area contributed by atoms with Crippen LogP contribution in [0.2, 0.25) is 0 Å². The number of nitrogens with two attached hydrogens (primary N) is 2. The highest BCUT2D eigenvalue weighted by Crippen LogP contribution is 2.33. The van der Waals surface area contributed by atoms with E-state index in [1.165, 1.54) is 36.4 Å². The van der Waals surface area contributed by atoms with Crippen molar-refractivity contribution in [2.75, 3.05) is 18.0 Å². The molecule has 0 atom stereocenters. The first-order chi connectivity index (χ1) is 22.4. The monoisotopic (exact) mass is 675 g/mol. The zero-order chi connectivity index (χ0) is 33.5. The Hall–Kier alpha value is -6.28. The Bertz CT molecular complexity index is 2420. The van der Waals surface area contributed by atoms with E-state index in [1.807, 2.05) is 6.07 Å². The van der Waals surface area contributed by atoms with E-state index in [9.17, 15) is 31.2 Å². The van der Waals surface area contributed by atoms with Gasteiger partial charge < -0.3 is 11.5 Å². The van der Waals surface area contributed by atoms with E-state index < -0.39 is 44.0 Å². The number of azo groups is 2. The molecule has 47 heavy (non-hydrogen) atoms. The largest absolute Gasteiger partial charge is 0.382 e. The highest BCUT2D eigenvalue weighted by atomic mass is 32.2. The van der Waals surface area contributed by atoms with Gasteiger partial charge in [-0.1, -0.05) is 30.3 Å². The first-order valence-electron chi connectivity index (χ1n) is 13.3. The second-order valence-electron chi connectivity index (χ2n) is 9.75. The minimum atomic E-state index is -4.49. The van der Waals surface area contributed by atoms with Crippen LogP contribution in [0.15, 0.2) is 114 Å². The summed E-state index contributed by atoms with van der Waals surface area (Å²) in [5.41, 5.74) is 11.7. The second kappa shape index (κ2) is 11.6. The molecule has 2 aromatic heterocycles. The lowest BCUT2D eigenvalue weighted by Gasteiger charge is -2.15. The van der Waals surface area contributed by atoms with Gasteiger partial charge in [-0.25, -0.2) is 35.4 Å². The van der Waals surface area contributed by atoms with Gasteiger partial charge in [0.1, 0.15) is 11.4 Å². The molecule has 3 aromatic carbocycles. The molecule has 6 N–H and O–H groups in total. The third-order valence-corrected chi connectivity index (χ3v) is 9.86. The average molecular weight is 676 g/mol. The van der Waals surface area contributed by atoms with Crippen molar-refractivity contribution in [2.24, 2.45) is 20.5 Å². The predicted octanol–water partition coefficient (Wildman–Crippen LogP) is 2.67. The Labute approximate surface area is 264 Å². The van der Waals surface area contributed by atoms with Crippen molar-refractivity contribution >= 4 is 71.9 Å². The molecule has 0 unspecified atom stereocenters. The van der Waals surface area contributed by atoms with E-state index in [4.69, 9.17) is 11.5 Å². The zero-order valence-electron chi connectivity index (χ0n) is 23.7. The number of nitrogens with one attached hydrogen (secondary N) is 2. The molecule has 2 amide bonds. The van der Waals surface area contributed by atoms with Gasteiger partial charge in [0.25, 0.3) is 37.4 Å². The Morgan fingerprint density at radius 2 is 1.47 bits per heavy atom. The van der Waals surface area contributed by atoms with E-state index in [-0.39, 0.29) is 49.7 Å². The molecule has 238 valence electrons. The van der Waals surface area contributed by atoms with Crippen molar-refractivity contribution < 1.29 is 26.4 Å². The summed E-state index contributed by atoms with van der Waals surface area (Å²) in [6, 6.07) is 18.8. The summed E-state index contributed by atoms with van der Waals surface area (Å²) in [5, 5.41) is 18.4. The normalized spacial score (nSPS) is 14.3. The third kappa shape index (κ3) is 5.68. The topological polar surface area (TPSA) is 269 Å². The summed E-state index contributed by atoms with van der Waals surface area (Å²) < 4.78 is 54.1. The average Bonchev–Trinajstić information content (AvgIpc) is 3.46. The van der Waals surface area contributed by atoms with Crippen LogP contribution in [0.3, 0.4) is 0 Å². The van der Waals surface area contributed by atoms with Crippen LogP contribution in [-0.2, 0) is 24.8 Å². The number of benzene rings is 3. The number of hydrogen-bond acceptors (Lipinski definition) is 14. The van der Waals surface area contributed by atoms with Crippen LogP contribution in [0.1, 0.15) is 10.4 Å². The number of aromatic nitrogens is 3. The quantitative estimate of drug-likeness (QED) is 0.175. The molecule has 1 aliphatic rings. The lowest BCUT2D eigenvalue weighted by molar-refractivity contribution is -0.119. The van der Waals surface area contributed by atoms with Crippen molar-refractivity contribution in [3.05, 3.63) is 94.8 Å². The number of fused-ring (bicyclic) bond motifs is 2. The van der Waals surface area contributed by atoms with Crippen molar-refractivity contribution in [1.82, 2.24) is 23.6 Å². The number of hydrogen-bond donors (Lipinski definition) is 4. The van der Waals surface area contributed by atoms with Gasteiger partial charge >= 0.3 is 0 Å². The predicted molar refractivity (Wildman–Crippen MR) is 166 cm³/mol. The Balaban J connectivity index is 1.17. The van der Waals surface area contributed by atoms with Crippen LogP contribution >= 0.6 is 0 Å². The molecule has 6 rings (SSSR count). The number of rotatable bonds is 8. The van der Waals surface area contributed by atoms with Crippen LogP contribution in [0.4, 0.5) is 34.4 Å². The fourth-order valence-electron chi connectivity index (χ4n) is 4.45. The van der Waals surface area contributed by atoms with Crippen LogP contribution in [0.25, 0.3) is 5.65 Å². The minimum absolute atomic E-state index is 0.0127. The van der Waals surface area contributed by atoms with E-state index in [0.29, 0.717) is 9.99 Å². The van der Waals surface area contributed by atoms with Gasteiger partial charge in [0.2, 0.25) is 0 Å². The number of sulfonamides is 2. The first kappa shape index (κ1) is 30.7. The van der Waals surface area contributed by atoms with Gasteiger partial charge in [0.05, 0.1) is 21.8 Å². The van der Waals surface area contributed by atoms with E-state index >= 15 is 0 Å². The molecule has 1 aliphatic heterocycles. The number of carbonyl (C=O) groups is 2. The molecule has 0 aliphatic carbocycles. The van der Waals surface area contributed by atoms with Crippen molar-refractivity contribution in [3.8, 4) is 0 Å². The second-order valence-corrected chi connectivity index (χ2v) is 13.3. The zero-order valence-corrected chi connectivity index (χ0v) is 25.3. The molecule has 3 heterocycles. The number of carbonyl (C=O) groups excluding carboxylic acids is 2. The summed E-state index contributed by atoms with van der Waals surface area (Å²) >= 11 is 0. The summed E-state index contributed by atoms with van der Waals surface area (Å²) in [6.07, 6.45) is 0. The van der Waals surface area contributed by atoms with Crippen molar-refractivity contribution in [2.45, 2.75) is 9.79 Å². The van der Waals surface area contributed by atoms with Gasteiger partial charge in [-0.3, -0.25) is 19.5 Å². The minimum Gasteiger partial charge on any atom is -0.382 e. The summed E-state index contributed by atoms with van der Waals surface area (Å²) in [5.74, 6) is -2.41. The highest BCUT2D eigenvalue weighted by Gasteiger charge is 2.42. The summed E-state index contributed by atoms with van der Waals surface area (Å²) in [7, 11) is -8.81. The molecule has 0 bridgehead atoms. The van der Waals surface area contributed by atoms with Crippen LogP contribution in [-0.4, -0.2) is 54.1 Å². The SMILES string of the molecule is Nc1nc2c(N=Nc3ccc(S(=O)(=O)NC(=O)CN4C(=O)c5ccccc5S4(=O)=O)cc3)c(=O)[nH]n2c(N)c1N=Nc1ccccc1. The molecule has 0 radical (unpaired) electrons. The number of nitrogens with zero attached hydrogens (tertiary/aromatic N) is 7. The van der Waals surface area contributed by atoms with Crippen LogP contribution < -0.4 is 21.7 Å². The molecule has 0 fully saturated rings. The molecule has 18 nitrogen and oxygen atoms in total. The molecular formula is C27H21N11O7S2. The maximum atomic E-state index is 12.8. The lowest BCUT2D eigenvalue weighted by atomic mass is 10.2. The molecule has 5 aromatic rings. The molecular weight excluding hydrogens is 655 g/mol. The molecule has 0 spiro atoms. The van der Waals surface area contributed by atoms with Crippen molar-refractivity contribution in [3.63, 3.8) is 0 Å². The Kier molecular flexibility index (Phi) is 7.57. The number of amides is 2. The highest BCUT2D eigenvalue weighted by molar-refractivity contribution is 7.90. The maximum Gasteiger partial charge on any atom is 0.294 e. The molecule has 20 heteroatoms. The van der Waals surface area contributed by atoms with E-state index in [0.717, 1.165) is 16.6 Å². The number of anilines is 2. The molecule has 0 saturated heterocycles. The fourth-order valence-corrected chi connectivity index (χ4v) is 6.95. The number of H-pyrrole nitrogens is 1. The molecule has 0 saturated carbocycles. The number of aromatic amines is 1. The van der Waals surface area contributed by atoms with Gasteiger partial charge in [-0.15, -0.1) is 10.2 Å². The Morgan fingerprint density at radius 1 is 0.851 bits per heavy atom. The van der Waals surface area contributed by atoms with Gasteiger partial charge in [0, 0.05) is 0 Å².